The van der Waals surface area contributed by atoms with Crippen LogP contribution in [-0.4, -0.2) is 57.5 Å². The first kappa shape index (κ1) is 18.4. The number of benzene rings is 1. The summed E-state index contributed by atoms with van der Waals surface area (Å²) in [7, 11) is 3.73. The number of amides is 2. The minimum absolute atomic E-state index is 0.0523. The van der Waals surface area contributed by atoms with Crippen molar-refractivity contribution in [1.29, 1.82) is 0 Å². The summed E-state index contributed by atoms with van der Waals surface area (Å²) in [5.41, 5.74) is 0.844. The van der Waals surface area contributed by atoms with Crippen molar-refractivity contribution in [3.63, 3.8) is 0 Å². The molecule has 0 radical (unpaired) electrons. The molecule has 25 heavy (non-hydrogen) atoms. The summed E-state index contributed by atoms with van der Waals surface area (Å²) in [6.07, 6.45) is 2.50. The first-order valence-corrected chi connectivity index (χ1v) is 7.51. The van der Waals surface area contributed by atoms with E-state index in [9.17, 15) is 20.0 Å². The lowest BCUT2D eigenvalue weighted by Gasteiger charge is -2.15. The van der Waals surface area contributed by atoms with Crippen molar-refractivity contribution in [2.45, 2.75) is 12.6 Å². The van der Waals surface area contributed by atoms with Gasteiger partial charge in [0, 0.05) is 30.6 Å². The van der Waals surface area contributed by atoms with Crippen LogP contribution in [0.4, 0.5) is 21.9 Å². The number of hydrogen-bond donors (Lipinski definition) is 3. The van der Waals surface area contributed by atoms with E-state index in [1.54, 1.807) is 6.20 Å². The maximum atomic E-state index is 11.9. The molecule has 2 rings (SSSR count). The largest absolute Gasteiger partial charge is 0.390 e. The lowest BCUT2D eigenvalue weighted by molar-refractivity contribution is -0.384. The number of urea groups is 1. The quantitative estimate of drug-likeness (QED) is 0.512. The van der Waals surface area contributed by atoms with Crippen LogP contribution in [0.3, 0.4) is 0 Å². The van der Waals surface area contributed by atoms with Gasteiger partial charge in [0.2, 0.25) is 0 Å². The van der Waals surface area contributed by atoms with Crippen molar-refractivity contribution in [2.75, 3.05) is 31.3 Å². The Labute approximate surface area is 144 Å². The topological polar surface area (TPSA) is 126 Å². The molecule has 0 spiro atoms. The second-order valence-electron chi connectivity index (χ2n) is 5.75. The molecular weight excluding hydrogens is 328 g/mol. The van der Waals surface area contributed by atoms with Gasteiger partial charge in [-0.3, -0.25) is 14.8 Å². The number of hydrogen-bond acceptors (Lipinski definition) is 6. The molecule has 10 nitrogen and oxygen atoms in total. The van der Waals surface area contributed by atoms with Gasteiger partial charge in [-0.05, 0) is 26.2 Å². The molecule has 10 heteroatoms. The number of nitrogens with one attached hydrogen (secondary N) is 2. The zero-order chi connectivity index (χ0) is 18.4. The van der Waals surface area contributed by atoms with Gasteiger partial charge in [-0.15, -0.1) is 0 Å². The number of rotatable bonds is 7. The number of anilines is 2. The Morgan fingerprint density at radius 1 is 1.32 bits per heavy atom. The van der Waals surface area contributed by atoms with E-state index in [2.05, 4.69) is 15.7 Å². The van der Waals surface area contributed by atoms with E-state index < -0.39 is 17.1 Å². The summed E-state index contributed by atoms with van der Waals surface area (Å²) < 4.78 is 1.54. The number of aromatic nitrogens is 2. The van der Waals surface area contributed by atoms with Crippen LogP contribution in [-0.2, 0) is 6.54 Å². The molecule has 0 aliphatic carbocycles. The van der Waals surface area contributed by atoms with Crippen LogP contribution >= 0.6 is 0 Å². The summed E-state index contributed by atoms with van der Waals surface area (Å²) in [6.45, 7) is 0.813. The van der Waals surface area contributed by atoms with E-state index in [4.69, 9.17) is 0 Å². The van der Waals surface area contributed by atoms with Crippen LogP contribution in [0.5, 0.6) is 0 Å². The average Bonchev–Trinajstić information content (AvgIpc) is 2.93. The van der Waals surface area contributed by atoms with E-state index in [0.717, 1.165) is 0 Å². The minimum Gasteiger partial charge on any atom is -0.390 e. The molecule has 0 saturated carbocycles. The summed E-state index contributed by atoms with van der Waals surface area (Å²) in [5, 5.41) is 29.7. The van der Waals surface area contributed by atoms with Crippen molar-refractivity contribution in [3.8, 4) is 0 Å². The van der Waals surface area contributed by atoms with Gasteiger partial charge >= 0.3 is 6.03 Å². The number of non-ortho nitro benzene ring substituents is 1. The number of aliphatic hydroxyl groups excluding tert-OH is 1. The fraction of sp³-hybridized carbons (Fsp3) is 0.333. The van der Waals surface area contributed by atoms with Gasteiger partial charge in [0.25, 0.3) is 5.69 Å². The van der Waals surface area contributed by atoms with Gasteiger partial charge < -0.3 is 20.6 Å². The van der Waals surface area contributed by atoms with Crippen molar-refractivity contribution in [3.05, 3.63) is 46.8 Å². The predicted molar refractivity (Wildman–Crippen MR) is 92.5 cm³/mol. The highest BCUT2D eigenvalue weighted by Crippen LogP contribution is 2.15. The second-order valence-corrected chi connectivity index (χ2v) is 5.75. The highest BCUT2D eigenvalue weighted by Gasteiger charge is 2.10. The number of nitro groups is 1. The summed E-state index contributed by atoms with van der Waals surface area (Å²) in [6, 6.07) is 5.00. The molecule has 1 atom stereocenters. The molecule has 1 aromatic heterocycles. The molecule has 2 aromatic rings. The fourth-order valence-corrected chi connectivity index (χ4v) is 2.18. The van der Waals surface area contributed by atoms with Gasteiger partial charge in [0.05, 0.1) is 29.5 Å². The van der Waals surface area contributed by atoms with Crippen molar-refractivity contribution < 1.29 is 14.8 Å². The van der Waals surface area contributed by atoms with Gasteiger partial charge in [-0.1, -0.05) is 0 Å². The molecule has 3 N–H and O–H groups in total. The Hall–Kier alpha value is -2.98. The molecule has 134 valence electrons. The maximum absolute atomic E-state index is 11.9. The molecule has 0 bridgehead atoms. The molecule has 0 aliphatic rings. The van der Waals surface area contributed by atoms with Crippen molar-refractivity contribution in [2.24, 2.45) is 0 Å². The molecule has 2 amide bonds. The third-order valence-corrected chi connectivity index (χ3v) is 3.20. The third kappa shape index (κ3) is 5.86. The summed E-state index contributed by atoms with van der Waals surface area (Å²) >= 11 is 0. The van der Waals surface area contributed by atoms with Crippen molar-refractivity contribution in [1.82, 2.24) is 14.7 Å². The van der Waals surface area contributed by atoms with E-state index in [0.29, 0.717) is 24.5 Å². The number of nitro benzene ring substituents is 1. The lowest BCUT2D eigenvalue weighted by Crippen LogP contribution is -2.29. The Bertz CT molecular complexity index is 728. The van der Waals surface area contributed by atoms with Crippen LogP contribution in [0.2, 0.25) is 0 Å². The number of likely N-dealkylation sites (N-methyl/N-ethyl adjacent to an activating group) is 1. The van der Waals surface area contributed by atoms with E-state index in [-0.39, 0.29) is 5.69 Å². The zero-order valence-corrected chi connectivity index (χ0v) is 13.9. The highest BCUT2D eigenvalue weighted by molar-refractivity contribution is 5.99. The molecule has 0 fully saturated rings. The van der Waals surface area contributed by atoms with Gasteiger partial charge in [-0.2, -0.15) is 5.10 Å². The first-order valence-electron chi connectivity index (χ1n) is 7.51. The summed E-state index contributed by atoms with van der Waals surface area (Å²) in [4.78, 5) is 23.9. The SMILES string of the molecule is CN(C)C[C@H](O)Cn1cc(NC(=O)Nc2ccc([N+](=O)[O-])cc2)cn1. The Kier molecular flexibility index (Phi) is 6.03. The molecule has 1 heterocycles. The number of nitrogens with zero attached hydrogens (tertiary/aromatic N) is 4. The van der Waals surface area contributed by atoms with E-state index >= 15 is 0 Å². The predicted octanol–water partition coefficient (Wildman–Crippen LogP) is 1.36. The monoisotopic (exact) mass is 348 g/mol. The van der Waals surface area contributed by atoms with Crippen LogP contribution in [0.25, 0.3) is 0 Å². The molecule has 0 saturated heterocycles. The number of carbonyl (C=O) groups is 1. The third-order valence-electron chi connectivity index (χ3n) is 3.20. The smallest absolute Gasteiger partial charge is 0.323 e. The molecule has 0 unspecified atom stereocenters. The Morgan fingerprint density at radius 2 is 1.96 bits per heavy atom. The molecule has 0 aliphatic heterocycles. The van der Waals surface area contributed by atoms with Crippen LogP contribution < -0.4 is 10.6 Å². The minimum atomic E-state index is -0.573. The lowest BCUT2D eigenvalue weighted by atomic mass is 10.3. The average molecular weight is 348 g/mol. The fourth-order valence-electron chi connectivity index (χ4n) is 2.18. The number of carbonyl (C=O) groups excluding carboxylic acids is 1. The molecular formula is C15H20N6O4. The molecule has 1 aromatic carbocycles. The standard InChI is InChI=1S/C15H20N6O4/c1-19(2)9-14(22)10-20-8-12(7-16-20)18-15(23)17-11-3-5-13(6-4-11)21(24)25/h3-8,14,22H,9-10H2,1-2H3,(H2,17,18,23)/t14-/m0/s1. The highest BCUT2D eigenvalue weighted by atomic mass is 16.6. The van der Waals surface area contributed by atoms with Crippen LogP contribution in [0, 0.1) is 10.1 Å². The normalized spacial score (nSPS) is 12.0. The Balaban J connectivity index is 1.87. The van der Waals surface area contributed by atoms with Crippen LogP contribution in [0.15, 0.2) is 36.7 Å². The maximum Gasteiger partial charge on any atom is 0.323 e. The first-order chi connectivity index (χ1) is 11.8. The number of aliphatic hydroxyl groups is 1. The zero-order valence-electron chi connectivity index (χ0n) is 13.9. The van der Waals surface area contributed by atoms with Crippen LogP contribution in [0.1, 0.15) is 0 Å². The van der Waals surface area contributed by atoms with E-state index in [1.807, 2.05) is 19.0 Å². The second kappa shape index (κ2) is 8.22. The van der Waals surface area contributed by atoms with Crippen molar-refractivity contribution >= 4 is 23.1 Å². The van der Waals surface area contributed by atoms with E-state index in [1.165, 1.54) is 35.1 Å². The summed E-state index contributed by atoms with van der Waals surface area (Å²) in [5.74, 6) is 0. The van der Waals surface area contributed by atoms with Gasteiger partial charge in [0.1, 0.15) is 0 Å². The van der Waals surface area contributed by atoms with Gasteiger partial charge in [-0.25, -0.2) is 4.79 Å². The Morgan fingerprint density at radius 3 is 2.56 bits per heavy atom. The van der Waals surface area contributed by atoms with Gasteiger partial charge in [0.15, 0.2) is 0 Å².